The van der Waals surface area contributed by atoms with Crippen molar-refractivity contribution in [2.24, 2.45) is 0 Å². The minimum absolute atomic E-state index is 0.0696. The summed E-state index contributed by atoms with van der Waals surface area (Å²) in [5, 5.41) is 11.1. The number of anilines is 1. The van der Waals surface area contributed by atoms with Crippen molar-refractivity contribution in [1.82, 2.24) is 29.3 Å². The SMILES string of the molecule is Cc1cc(F)c(C(=O)Nc2cccc(-c3nnc4n3CCC4)n2)cc1-n1ccnc1. The summed E-state index contributed by atoms with van der Waals surface area (Å²) in [7, 11) is 0. The number of carbonyl (C=O) groups excluding carboxylic acids is 1. The van der Waals surface area contributed by atoms with Crippen molar-refractivity contribution in [3.63, 3.8) is 0 Å². The van der Waals surface area contributed by atoms with Crippen LogP contribution in [0.2, 0.25) is 0 Å². The van der Waals surface area contributed by atoms with E-state index in [0.29, 0.717) is 28.6 Å². The summed E-state index contributed by atoms with van der Waals surface area (Å²) in [6, 6.07) is 8.10. The molecule has 5 rings (SSSR count). The number of amides is 1. The van der Waals surface area contributed by atoms with Crippen LogP contribution in [0.25, 0.3) is 17.2 Å². The first kappa shape index (κ1) is 18.2. The molecule has 1 aliphatic heterocycles. The molecule has 1 N–H and O–H groups in total. The zero-order valence-corrected chi connectivity index (χ0v) is 16.2. The Morgan fingerprint density at radius 3 is 2.97 bits per heavy atom. The highest BCUT2D eigenvalue weighted by molar-refractivity contribution is 6.04. The number of fused-ring (bicyclic) bond motifs is 1. The zero-order chi connectivity index (χ0) is 20.7. The van der Waals surface area contributed by atoms with Gasteiger partial charge in [-0.05, 0) is 43.2 Å². The Balaban J connectivity index is 1.44. The molecule has 8 nitrogen and oxygen atoms in total. The highest BCUT2D eigenvalue weighted by atomic mass is 19.1. The third-order valence-corrected chi connectivity index (χ3v) is 5.14. The number of rotatable bonds is 4. The minimum atomic E-state index is -0.597. The summed E-state index contributed by atoms with van der Waals surface area (Å²) >= 11 is 0. The van der Waals surface area contributed by atoms with E-state index in [4.69, 9.17) is 0 Å². The molecule has 4 aromatic rings. The van der Waals surface area contributed by atoms with E-state index in [2.05, 4.69) is 25.5 Å². The smallest absolute Gasteiger partial charge is 0.259 e. The van der Waals surface area contributed by atoms with E-state index < -0.39 is 11.7 Å². The van der Waals surface area contributed by atoms with Crippen molar-refractivity contribution in [3.05, 3.63) is 71.8 Å². The van der Waals surface area contributed by atoms with Crippen LogP contribution in [0.3, 0.4) is 0 Å². The molecule has 0 atom stereocenters. The Labute approximate surface area is 171 Å². The van der Waals surface area contributed by atoms with E-state index >= 15 is 0 Å². The van der Waals surface area contributed by atoms with Gasteiger partial charge in [0.25, 0.3) is 5.91 Å². The molecule has 0 radical (unpaired) electrons. The molecule has 0 saturated heterocycles. The number of hydrogen-bond acceptors (Lipinski definition) is 5. The highest BCUT2D eigenvalue weighted by Crippen LogP contribution is 2.24. The van der Waals surface area contributed by atoms with E-state index in [0.717, 1.165) is 25.2 Å². The first-order chi connectivity index (χ1) is 14.6. The van der Waals surface area contributed by atoms with Gasteiger partial charge in [-0.3, -0.25) is 4.79 Å². The number of carbonyl (C=O) groups is 1. The van der Waals surface area contributed by atoms with Gasteiger partial charge < -0.3 is 14.5 Å². The third-order valence-electron chi connectivity index (χ3n) is 5.14. The van der Waals surface area contributed by atoms with Gasteiger partial charge in [-0.25, -0.2) is 14.4 Å². The Morgan fingerprint density at radius 2 is 2.13 bits per heavy atom. The average molecular weight is 403 g/mol. The van der Waals surface area contributed by atoms with Gasteiger partial charge in [-0.15, -0.1) is 10.2 Å². The van der Waals surface area contributed by atoms with Crippen LogP contribution in [-0.2, 0) is 13.0 Å². The lowest BCUT2D eigenvalue weighted by atomic mass is 10.1. The summed E-state index contributed by atoms with van der Waals surface area (Å²) in [4.78, 5) is 21.3. The van der Waals surface area contributed by atoms with Gasteiger partial charge in [0.15, 0.2) is 5.82 Å². The lowest BCUT2D eigenvalue weighted by Gasteiger charge is -2.11. The monoisotopic (exact) mass is 403 g/mol. The quantitative estimate of drug-likeness (QED) is 0.565. The van der Waals surface area contributed by atoms with Crippen LogP contribution in [0.15, 0.2) is 49.1 Å². The Hall–Kier alpha value is -3.88. The van der Waals surface area contributed by atoms with Gasteiger partial charge >= 0.3 is 0 Å². The van der Waals surface area contributed by atoms with E-state index in [1.165, 1.54) is 12.1 Å². The van der Waals surface area contributed by atoms with Crippen molar-refractivity contribution in [2.75, 3.05) is 5.32 Å². The van der Waals surface area contributed by atoms with Gasteiger partial charge in [-0.1, -0.05) is 6.07 Å². The molecule has 1 aromatic carbocycles. The normalized spacial score (nSPS) is 12.7. The number of aryl methyl sites for hydroxylation is 2. The molecule has 150 valence electrons. The van der Waals surface area contributed by atoms with Crippen LogP contribution in [0.1, 0.15) is 28.2 Å². The second kappa shape index (κ2) is 7.18. The van der Waals surface area contributed by atoms with E-state index in [1.54, 1.807) is 42.3 Å². The maximum atomic E-state index is 14.6. The molecule has 0 saturated carbocycles. The van der Waals surface area contributed by atoms with Gasteiger partial charge in [0.2, 0.25) is 0 Å². The summed E-state index contributed by atoms with van der Waals surface area (Å²) in [5.41, 5.74) is 1.92. The lowest BCUT2D eigenvalue weighted by molar-refractivity contribution is 0.102. The Kier molecular flexibility index (Phi) is 4.35. The standard InChI is InChI=1S/C21H18FN7O/c1-13-10-15(22)14(11-17(13)28-9-7-23-12-28)21(30)25-18-5-2-4-16(24-18)20-27-26-19-6-3-8-29(19)20/h2,4-5,7,9-12H,3,6,8H2,1H3,(H,24,25,30). The molecule has 0 aliphatic carbocycles. The van der Waals surface area contributed by atoms with Crippen molar-refractivity contribution < 1.29 is 9.18 Å². The fourth-order valence-corrected chi connectivity index (χ4v) is 3.67. The fourth-order valence-electron chi connectivity index (χ4n) is 3.67. The molecule has 1 amide bonds. The molecule has 30 heavy (non-hydrogen) atoms. The van der Waals surface area contributed by atoms with Crippen LogP contribution in [0.4, 0.5) is 10.2 Å². The van der Waals surface area contributed by atoms with Crippen LogP contribution in [0.5, 0.6) is 0 Å². The van der Waals surface area contributed by atoms with Crippen molar-refractivity contribution in [3.8, 4) is 17.2 Å². The topological polar surface area (TPSA) is 90.5 Å². The predicted octanol–water partition coefficient (Wildman–Crippen LogP) is 3.17. The number of benzene rings is 1. The molecule has 0 fully saturated rings. The van der Waals surface area contributed by atoms with Crippen LogP contribution in [-0.4, -0.2) is 35.2 Å². The summed E-state index contributed by atoms with van der Waals surface area (Å²) in [6.45, 7) is 2.63. The van der Waals surface area contributed by atoms with Gasteiger partial charge in [0, 0.05) is 25.4 Å². The van der Waals surface area contributed by atoms with Gasteiger partial charge in [-0.2, -0.15) is 0 Å². The fraction of sp³-hybridized carbons (Fsp3) is 0.190. The summed E-state index contributed by atoms with van der Waals surface area (Å²) in [6.07, 6.45) is 6.89. The minimum Gasteiger partial charge on any atom is -0.310 e. The molecule has 0 bridgehead atoms. The van der Waals surface area contributed by atoms with E-state index in [-0.39, 0.29) is 5.56 Å². The lowest BCUT2D eigenvalue weighted by Crippen LogP contribution is -2.16. The predicted molar refractivity (Wildman–Crippen MR) is 108 cm³/mol. The number of nitrogens with zero attached hydrogens (tertiary/aromatic N) is 6. The number of imidazole rings is 1. The maximum absolute atomic E-state index is 14.6. The van der Waals surface area contributed by atoms with Crippen LogP contribution < -0.4 is 5.32 Å². The summed E-state index contributed by atoms with van der Waals surface area (Å²) in [5.74, 6) is 0.750. The Bertz CT molecular complexity index is 1250. The molecule has 9 heteroatoms. The molecular weight excluding hydrogens is 385 g/mol. The largest absolute Gasteiger partial charge is 0.310 e. The zero-order valence-electron chi connectivity index (χ0n) is 16.2. The first-order valence-electron chi connectivity index (χ1n) is 9.59. The Morgan fingerprint density at radius 1 is 1.23 bits per heavy atom. The number of nitrogens with one attached hydrogen (secondary N) is 1. The second-order valence-corrected chi connectivity index (χ2v) is 7.15. The van der Waals surface area contributed by atoms with Gasteiger partial charge in [0.1, 0.15) is 23.2 Å². The first-order valence-corrected chi connectivity index (χ1v) is 9.59. The van der Waals surface area contributed by atoms with Gasteiger partial charge in [0.05, 0.1) is 17.6 Å². The molecular formula is C21H18FN7O. The number of hydrogen-bond donors (Lipinski definition) is 1. The van der Waals surface area contributed by atoms with Crippen molar-refractivity contribution >= 4 is 11.7 Å². The maximum Gasteiger partial charge on any atom is 0.259 e. The second-order valence-electron chi connectivity index (χ2n) is 7.15. The third kappa shape index (κ3) is 3.14. The number of aromatic nitrogens is 6. The van der Waals surface area contributed by atoms with Crippen LogP contribution >= 0.6 is 0 Å². The molecule has 3 aromatic heterocycles. The molecule has 1 aliphatic rings. The molecule has 0 unspecified atom stereocenters. The summed E-state index contributed by atoms with van der Waals surface area (Å²) < 4.78 is 18.3. The van der Waals surface area contributed by atoms with Crippen LogP contribution in [0, 0.1) is 12.7 Å². The highest BCUT2D eigenvalue weighted by Gasteiger charge is 2.20. The van der Waals surface area contributed by atoms with E-state index in [1.807, 2.05) is 10.6 Å². The molecule has 4 heterocycles. The molecule has 0 spiro atoms. The average Bonchev–Trinajstić information content (AvgIpc) is 3.46. The van der Waals surface area contributed by atoms with Crippen molar-refractivity contribution in [1.29, 1.82) is 0 Å². The van der Waals surface area contributed by atoms with Crippen molar-refractivity contribution in [2.45, 2.75) is 26.3 Å². The number of halogens is 1. The number of pyridine rings is 1. The van der Waals surface area contributed by atoms with E-state index in [9.17, 15) is 9.18 Å².